The van der Waals surface area contributed by atoms with Crippen molar-refractivity contribution in [1.82, 2.24) is 20.4 Å². The smallest absolute Gasteiger partial charge is 0.257 e. The number of hydrogen-bond donors (Lipinski definition) is 1. The van der Waals surface area contributed by atoms with Crippen LogP contribution in [0.5, 0.6) is 5.75 Å². The summed E-state index contributed by atoms with van der Waals surface area (Å²) >= 11 is 2.94. The summed E-state index contributed by atoms with van der Waals surface area (Å²) in [5.41, 5.74) is 0.605. The molecule has 0 bridgehead atoms. The molecular formula is C22H29N5O3S2. The fourth-order valence-electron chi connectivity index (χ4n) is 4.05. The average Bonchev–Trinajstić information content (AvgIpc) is 3.50. The van der Waals surface area contributed by atoms with E-state index < -0.39 is 0 Å². The third-order valence-electron chi connectivity index (χ3n) is 5.70. The molecule has 0 radical (unpaired) electrons. The number of carbonyl (C=O) groups is 2. The summed E-state index contributed by atoms with van der Waals surface area (Å²) in [4.78, 5) is 29.1. The van der Waals surface area contributed by atoms with Crippen LogP contribution in [0.1, 0.15) is 43.0 Å². The molecule has 1 aliphatic carbocycles. The molecule has 32 heavy (non-hydrogen) atoms. The molecule has 0 spiro atoms. The number of nitrogens with zero attached hydrogens (tertiary/aromatic N) is 4. The van der Waals surface area contributed by atoms with Gasteiger partial charge in [0.15, 0.2) is 4.34 Å². The molecule has 10 heteroatoms. The first kappa shape index (κ1) is 22.8. The minimum Gasteiger partial charge on any atom is -0.493 e. The van der Waals surface area contributed by atoms with E-state index in [9.17, 15) is 9.59 Å². The Kier molecular flexibility index (Phi) is 7.85. The summed E-state index contributed by atoms with van der Waals surface area (Å²) in [5, 5.41) is 12.5. The highest BCUT2D eigenvalue weighted by Crippen LogP contribution is 2.29. The second-order valence-corrected chi connectivity index (χ2v) is 10.1. The zero-order chi connectivity index (χ0) is 22.3. The Morgan fingerprint density at radius 2 is 1.91 bits per heavy atom. The monoisotopic (exact) mass is 475 g/mol. The first-order valence-electron chi connectivity index (χ1n) is 11.2. The molecule has 1 N–H and O–H groups in total. The van der Waals surface area contributed by atoms with E-state index in [1.807, 2.05) is 36.1 Å². The van der Waals surface area contributed by atoms with Crippen LogP contribution in [0.3, 0.4) is 0 Å². The number of para-hydroxylation sites is 1. The number of benzene rings is 1. The van der Waals surface area contributed by atoms with Crippen LogP contribution in [0.2, 0.25) is 0 Å². The van der Waals surface area contributed by atoms with E-state index in [1.54, 1.807) is 0 Å². The maximum absolute atomic E-state index is 13.0. The van der Waals surface area contributed by atoms with Crippen LogP contribution in [-0.4, -0.2) is 71.5 Å². The Morgan fingerprint density at radius 3 is 2.66 bits per heavy atom. The predicted molar refractivity (Wildman–Crippen MR) is 127 cm³/mol. The van der Waals surface area contributed by atoms with Crippen molar-refractivity contribution in [2.75, 3.05) is 43.4 Å². The summed E-state index contributed by atoms with van der Waals surface area (Å²) in [6.07, 6.45) is 4.58. The maximum atomic E-state index is 13.0. The minimum absolute atomic E-state index is 0.00418. The average molecular weight is 476 g/mol. The number of hydrogen-bond acceptors (Lipinski definition) is 8. The lowest BCUT2D eigenvalue weighted by Gasteiger charge is -2.34. The van der Waals surface area contributed by atoms with E-state index in [0.29, 0.717) is 55.9 Å². The zero-order valence-electron chi connectivity index (χ0n) is 18.3. The fraction of sp³-hybridized carbons (Fsp3) is 0.545. The molecule has 172 valence electrons. The van der Waals surface area contributed by atoms with Gasteiger partial charge in [-0.1, -0.05) is 48.1 Å². The number of aromatic nitrogens is 2. The fourth-order valence-corrected chi connectivity index (χ4v) is 5.75. The highest BCUT2D eigenvalue weighted by molar-refractivity contribution is 8.01. The number of ether oxygens (including phenoxy) is 1. The van der Waals surface area contributed by atoms with Gasteiger partial charge in [-0.3, -0.25) is 9.59 Å². The number of anilines is 1. The number of piperazine rings is 1. The predicted octanol–water partition coefficient (Wildman–Crippen LogP) is 3.05. The molecule has 2 aromatic rings. The molecule has 4 rings (SSSR count). The third-order valence-corrected chi connectivity index (χ3v) is 7.81. The van der Waals surface area contributed by atoms with E-state index in [1.165, 1.54) is 35.9 Å². The molecule has 1 aromatic carbocycles. The summed E-state index contributed by atoms with van der Waals surface area (Å²) in [6, 6.07) is 7.73. The van der Waals surface area contributed by atoms with E-state index >= 15 is 0 Å². The van der Waals surface area contributed by atoms with Gasteiger partial charge in [0.05, 0.1) is 17.9 Å². The van der Waals surface area contributed by atoms with Crippen LogP contribution < -0.4 is 15.0 Å². The van der Waals surface area contributed by atoms with Crippen LogP contribution in [0.25, 0.3) is 0 Å². The van der Waals surface area contributed by atoms with Gasteiger partial charge < -0.3 is 19.9 Å². The Hall–Kier alpha value is -2.33. The lowest BCUT2D eigenvalue weighted by atomic mass is 10.1. The third kappa shape index (κ3) is 5.72. The van der Waals surface area contributed by atoms with Crippen molar-refractivity contribution < 1.29 is 14.3 Å². The molecule has 1 saturated carbocycles. The summed E-state index contributed by atoms with van der Waals surface area (Å²) in [5.74, 6) is 1.06. The molecule has 8 nitrogen and oxygen atoms in total. The molecule has 2 aliphatic rings. The number of carbonyl (C=O) groups excluding carboxylic acids is 2. The van der Waals surface area contributed by atoms with E-state index in [2.05, 4.69) is 20.4 Å². The molecule has 0 atom stereocenters. The van der Waals surface area contributed by atoms with Gasteiger partial charge in [0.25, 0.3) is 5.91 Å². The topological polar surface area (TPSA) is 87.7 Å². The summed E-state index contributed by atoms with van der Waals surface area (Å²) in [6.45, 7) is 5.07. The molecule has 1 aromatic heterocycles. The van der Waals surface area contributed by atoms with Gasteiger partial charge in [-0.2, -0.15) is 0 Å². The molecule has 1 saturated heterocycles. The Balaban J connectivity index is 1.26. The maximum Gasteiger partial charge on any atom is 0.257 e. The first-order valence-corrected chi connectivity index (χ1v) is 13.0. The van der Waals surface area contributed by atoms with Crippen molar-refractivity contribution in [2.45, 2.75) is 43.0 Å². The van der Waals surface area contributed by atoms with Crippen molar-refractivity contribution >= 4 is 40.0 Å². The van der Waals surface area contributed by atoms with Crippen molar-refractivity contribution in [3.63, 3.8) is 0 Å². The number of thioether (sulfide) groups is 1. The van der Waals surface area contributed by atoms with Gasteiger partial charge in [-0.15, -0.1) is 10.2 Å². The van der Waals surface area contributed by atoms with Crippen LogP contribution in [0.4, 0.5) is 5.13 Å². The van der Waals surface area contributed by atoms with Crippen LogP contribution in [-0.2, 0) is 4.79 Å². The van der Waals surface area contributed by atoms with Crippen molar-refractivity contribution in [3.05, 3.63) is 29.8 Å². The number of amides is 2. The minimum atomic E-state index is -0.00418. The summed E-state index contributed by atoms with van der Waals surface area (Å²) in [7, 11) is 0. The molecule has 2 fully saturated rings. The SMILES string of the molecule is CCOc1ccccc1C(=O)N1CCN(c2nnc(SCC(=O)NC3CCCC3)s2)CC1. The Labute approximate surface area is 196 Å². The zero-order valence-corrected chi connectivity index (χ0v) is 19.9. The van der Waals surface area contributed by atoms with E-state index in [-0.39, 0.29) is 11.8 Å². The first-order chi connectivity index (χ1) is 15.6. The molecule has 0 unspecified atom stereocenters. The lowest BCUT2D eigenvalue weighted by Crippen LogP contribution is -2.48. The van der Waals surface area contributed by atoms with Crippen molar-refractivity contribution in [2.24, 2.45) is 0 Å². The van der Waals surface area contributed by atoms with E-state index in [4.69, 9.17) is 4.74 Å². The van der Waals surface area contributed by atoms with Crippen molar-refractivity contribution in [1.29, 1.82) is 0 Å². The molecule has 2 amide bonds. The van der Waals surface area contributed by atoms with Crippen LogP contribution in [0, 0.1) is 0 Å². The Bertz CT molecular complexity index is 924. The molecule has 2 heterocycles. The highest BCUT2D eigenvalue weighted by Gasteiger charge is 2.26. The highest BCUT2D eigenvalue weighted by atomic mass is 32.2. The second-order valence-electron chi connectivity index (χ2n) is 7.90. The lowest BCUT2D eigenvalue weighted by molar-refractivity contribution is -0.119. The summed E-state index contributed by atoms with van der Waals surface area (Å²) < 4.78 is 6.41. The van der Waals surface area contributed by atoms with Gasteiger partial charge in [0.2, 0.25) is 11.0 Å². The van der Waals surface area contributed by atoms with Crippen molar-refractivity contribution in [3.8, 4) is 5.75 Å². The quantitative estimate of drug-likeness (QED) is 0.587. The Morgan fingerprint density at radius 1 is 1.16 bits per heavy atom. The number of rotatable bonds is 8. The van der Waals surface area contributed by atoms with Gasteiger partial charge in [-0.25, -0.2) is 0 Å². The van der Waals surface area contributed by atoms with Gasteiger partial charge >= 0.3 is 0 Å². The number of nitrogens with one attached hydrogen (secondary N) is 1. The van der Waals surface area contributed by atoms with Crippen LogP contribution >= 0.6 is 23.1 Å². The van der Waals surface area contributed by atoms with Gasteiger partial charge in [0, 0.05) is 32.2 Å². The standard InChI is InChI=1S/C22H29N5O3S2/c1-2-30-18-10-6-5-9-17(18)20(29)26-11-13-27(14-12-26)21-24-25-22(32-21)31-15-19(28)23-16-7-3-4-8-16/h5-6,9-10,16H,2-4,7-8,11-15H2,1H3,(H,23,28). The van der Waals surface area contributed by atoms with E-state index in [0.717, 1.165) is 22.3 Å². The van der Waals surface area contributed by atoms with Gasteiger partial charge in [0.1, 0.15) is 5.75 Å². The van der Waals surface area contributed by atoms with Crippen LogP contribution in [0.15, 0.2) is 28.6 Å². The molecular weight excluding hydrogens is 446 g/mol. The normalized spacial score (nSPS) is 16.9. The van der Waals surface area contributed by atoms with Gasteiger partial charge in [-0.05, 0) is 31.9 Å². The largest absolute Gasteiger partial charge is 0.493 e. The second kappa shape index (κ2) is 11.0. The molecule has 1 aliphatic heterocycles.